The van der Waals surface area contributed by atoms with Crippen molar-refractivity contribution in [1.82, 2.24) is 4.90 Å². The highest BCUT2D eigenvalue weighted by Crippen LogP contribution is 2.22. The summed E-state index contributed by atoms with van der Waals surface area (Å²) in [5.74, 6) is -3.29. The number of benzene rings is 1. The van der Waals surface area contributed by atoms with Crippen molar-refractivity contribution in [3.8, 4) is 0 Å². The number of carbonyl (C=O) groups is 1. The average Bonchev–Trinajstić information content (AvgIpc) is 2.36. The summed E-state index contributed by atoms with van der Waals surface area (Å²) in [6.07, 6.45) is 0. The van der Waals surface area contributed by atoms with E-state index in [1.165, 1.54) is 0 Å². The number of nitro groups is 1. The Morgan fingerprint density at radius 3 is 2.45 bits per heavy atom. The summed E-state index contributed by atoms with van der Waals surface area (Å²) in [6, 6.07) is 0.537. The van der Waals surface area contributed by atoms with Crippen LogP contribution < -0.4 is 0 Å². The van der Waals surface area contributed by atoms with Crippen molar-refractivity contribution in [3.05, 3.63) is 39.4 Å². The van der Waals surface area contributed by atoms with Gasteiger partial charge in [-0.15, -0.1) is 0 Å². The van der Waals surface area contributed by atoms with Gasteiger partial charge in [-0.2, -0.15) is 4.39 Å². The zero-order chi connectivity index (χ0) is 15.4. The van der Waals surface area contributed by atoms with Gasteiger partial charge in [-0.1, -0.05) is 0 Å². The van der Waals surface area contributed by atoms with Gasteiger partial charge in [-0.05, 0) is 19.9 Å². The van der Waals surface area contributed by atoms with Gasteiger partial charge >= 0.3 is 5.69 Å². The van der Waals surface area contributed by atoms with Crippen LogP contribution in [0.3, 0.4) is 0 Å². The first-order chi connectivity index (χ1) is 9.29. The number of aliphatic hydroxyl groups excluding tert-OH is 1. The Balaban J connectivity index is 3.22. The molecule has 1 amide bonds. The van der Waals surface area contributed by atoms with Crippen molar-refractivity contribution in [1.29, 1.82) is 0 Å². The summed E-state index contributed by atoms with van der Waals surface area (Å²) >= 11 is 0. The molecular weight excluding hydrogens is 274 g/mol. The maximum Gasteiger partial charge on any atom is 0.307 e. The molecule has 1 rings (SSSR count). The van der Waals surface area contributed by atoms with E-state index in [0.717, 1.165) is 4.90 Å². The highest BCUT2D eigenvalue weighted by molar-refractivity contribution is 5.95. The minimum absolute atomic E-state index is 0.0471. The molecule has 0 unspecified atom stereocenters. The molecule has 0 bridgehead atoms. The van der Waals surface area contributed by atoms with Crippen molar-refractivity contribution >= 4 is 11.6 Å². The number of hydrogen-bond acceptors (Lipinski definition) is 4. The van der Waals surface area contributed by atoms with E-state index >= 15 is 0 Å². The van der Waals surface area contributed by atoms with Crippen LogP contribution in [-0.4, -0.2) is 40.0 Å². The van der Waals surface area contributed by atoms with Crippen LogP contribution in [0.1, 0.15) is 24.2 Å². The van der Waals surface area contributed by atoms with Gasteiger partial charge in [0.05, 0.1) is 23.2 Å². The van der Waals surface area contributed by atoms with E-state index in [4.69, 9.17) is 5.11 Å². The largest absolute Gasteiger partial charge is 0.395 e. The van der Waals surface area contributed by atoms with Crippen molar-refractivity contribution < 1.29 is 23.6 Å². The second kappa shape index (κ2) is 6.38. The molecular formula is C12H14F2N2O4. The lowest BCUT2D eigenvalue weighted by atomic mass is 10.1. The van der Waals surface area contributed by atoms with E-state index in [-0.39, 0.29) is 19.2 Å². The lowest BCUT2D eigenvalue weighted by Crippen LogP contribution is -2.39. The molecule has 0 fully saturated rings. The molecule has 0 aliphatic rings. The monoisotopic (exact) mass is 288 g/mol. The van der Waals surface area contributed by atoms with Crippen molar-refractivity contribution in [2.75, 3.05) is 13.2 Å². The average molecular weight is 288 g/mol. The smallest absolute Gasteiger partial charge is 0.307 e. The molecule has 0 aliphatic heterocycles. The normalized spacial score (nSPS) is 10.7. The third-order valence-corrected chi connectivity index (χ3v) is 2.69. The molecule has 1 aromatic rings. The number of amides is 1. The van der Waals surface area contributed by atoms with Crippen LogP contribution in [0.15, 0.2) is 12.1 Å². The SMILES string of the molecule is CC(C)N(CCO)C(=O)c1cc(F)c([N+](=O)[O-])cc1F. The molecule has 0 aromatic heterocycles. The number of hydrogen-bond donors (Lipinski definition) is 1. The maximum absolute atomic E-state index is 13.7. The van der Waals surface area contributed by atoms with Crippen LogP contribution in [0, 0.1) is 21.7 Å². The summed E-state index contributed by atoms with van der Waals surface area (Å²) in [7, 11) is 0. The number of carbonyl (C=O) groups excluding carboxylic acids is 1. The van der Waals surface area contributed by atoms with E-state index in [2.05, 4.69) is 0 Å². The number of halogens is 2. The third kappa shape index (κ3) is 3.27. The summed E-state index contributed by atoms with van der Waals surface area (Å²) in [5, 5.41) is 19.3. The molecule has 0 atom stereocenters. The van der Waals surface area contributed by atoms with Crippen molar-refractivity contribution in [3.63, 3.8) is 0 Å². The Morgan fingerprint density at radius 2 is 2.00 bits per heavy atom. The molecule has 8 heteroatoms. The minimum Gasteiger partial charge on any atom is -0.395 e. The maximum atomic E-state index is 13.7. The van der Waals surface area contributed by atoms with Gasteiger partial charge < -0.3 is 10.0 Å². The molecule has 0 spiro atoms. The molecule has 1 aromatic carbocycles. The van der Waals surface area contributed by atoms with Gasteiger partial charge in [0.15, 0.2) is 0 Å². The van der Waals surface area contributed by atoms with Gasteiger partial charge in [0, 0.05) is 12.6 Å². The molecule has 0 aliphatic carbocycles. The standard InChI is InChI=1S/C12H14F2N2O4/c1-7(2)15(3-4-17)12(18)8-5-10(14)11(16(19)20)6-9(8)13/h5-7,17H,3-4H2,1-2H3. The van der Waals surface area contributed by atoms with Gasteiger partial charge in [-0.3, -0.25) is 14.9 Å². The molecule has 0 saturated carbocycles. The molecule has 6 nitrogen and oxygen atoms in total. The van der Waals surface area contributed by atoms with Crippen molar-refractivity contribution in [2.45, 2.75) is 19.9 Å². The first kappa shape index (κ1) is 16.0. The Bertz CT molecular complexity index is 534. The number of aliphatic hydroxyl groups is 1. The summed E-state index contributed by atoms with van der Waals surface area (Å²) in [6.45, 7) is 2.91. The Hall–Kier alpha value is -2.09. The second-order valence-electron chi connectivity index (χ2n) is 4.36. The lowest BCUT2D eigenvalue weighted by molar-refractivity contribution is -0.387. The highest BCUT2D eigenvalue weighted by atomic mass is 19.1. The first-order valence-corrected chi connectivity index (χ1v) is 5.84. The zero-order valence-corrected chi connectivity index (χ0v) is 11.0. The molecule has 20 heavy (non-hydrogen) atoms. The van der Waals surface area contributed by atoms with E-state index < -0.39 is 33.7 Å². The predicted molar refractivity (Wildman–Crippen MR) is 66.3 cm³/mol. The fraction of sp³-hybridized carbons (Fsp3) is 0.417. The minimum atomic E-state index is -1.28. The molecule has 110 valence electrons. The molecule has 0 saturated heterocycles. The number of rotatable bonds is 5. The van der Waals surface area contributed by atoms with Crippen LogP contribution in [0.5, 0.6) is 0 Å². The van der Waals surface area contributed by atoms with Crippen LogP contribution in [0.2, 0.25) is 0 Å². The van der Waals surface area contributed by atoms with Crippen LogP contribution in [0.4, 0.5) is 14.5 Å². The fourth-order valence-electron chi connectivity index (χ4n) is 1.70. The first-order valence-electron chi connectivity index (χ1n) is 5.84. The van der Waals surface area contributed by atoms with E-state index in [0.29, 0.717) is 12.1 Å². The Kier molecular flexibility index (Phi) is 5.09. The summed E-state index contributed by atoms with van der Waals surface area (Å²) in [5.41, 5.74) is -1.63. The summed E-state index contributed by atoms with van der Waals surface area (Å²) < 4.78 is 27.2. The van der Waals surface area contributed by atoms with Crippen molar-refractivity contribution in [2.24, 2.45) is 0 Å². The highest BCUT2D eigenvalue weighted by Gasteiger charge is 2.26. The topological polar surface area (TPSA) is 83.7 Å². The van der Waals surface area contributed by atoms with E-state index in [1.807, 2.05) is 0 Å². The number of nitro benzene ring substituents is 1. The van der Waals surface area contributed by atoms with Gasteiger partial charge in [0.2, 0.25) is 5.82 Å². The Morgan fingerprint density at radius 1 is 1.40 bits per heavy atom. The van der Waals surface area contributed by atoms with Gasteiger partial charge in [-0.25, -0.2) is 4.39 Å². The van der Waals surface area contributed by atoms with Gasteiger partial charge in [0.25, 0.3) is 5.91 Å². The van der Waals surface area contributed by atoms with E-state index in [1.54, 1.807) is 13.8 Å². The third-order valence-electron chi connectivity index (χ3n) is 2.69. The summed E-state index contributed by atoms with van der Waals surface area (Å²) in [4.78, 5) is 22.6. The molecule has 1 N–H and O–H groups in total. The van der Waals surface area contributed by atoms with Crippen LogP contribution >= 0.6 is 0 Å². The fourth-order valence-corrected chi connectivity index (χ4v) is 1.70. The molecule has 0 heterocycles. The quantitative estimate of drug-likeness (QED) is 0.660. The van der Waals surface area contributed by atoms with Crippen LogP contribution in [-0.2, 0) is 0 Å². The van der Waals surface area contributed by atoms with Gasteiger partial charge in [0.1, 0.15) is 5.82 Å². The lowest BCUT2D eigenvalue weighted by Gasteiger charge is -2.26. The van der Waals surface area contributed by atoms with Crippen LogP contribution in [0.25, 0.3) is 0 Å². The second-order valence-corrected chi connectivity index (χ2v) is 4.36. The predicted octanol–water partition coefficient (Wildman–Crippen LogP) is 1.72. The molecule has 0 radical (unpaired) electrons. The van der Waals surface area contributed by atoms with E-state index in [9.17, 15) is 23.7 Å². The Labute approximate surface area is 113 Å². The number of nitrogens with zero attached hydrogens (tertiary/aromatic N) is 2. The zero-order valence-electron chi connectivity index (χ0n) is 11.0.